The van der Waals surface area contributed by atoms with E-state index in [1.165, 1.54) is 19.2 Å². The van der Waals surface area contributed by atoms with Crippen LogP contribution in [0.1, 0.15) is 10.4 Å². The summed E-state index contributed by atoms with van der Waals surface area (Å²) in [6.45, 7) is 0. The number of carbonyl (C=O) groups is 1. The predicted molar refractivity (Wildman–Crippen MR) is 48.8 cm³/mol. The van der Waals surface area contributed by atoms with Crippen LogP contribution in [0.2, 0.25) is 0 Å². The molecule has 5 N–H and O–H groups in total. The van der Waals surface area contributed by atoms with Gasteiger partial charge in [-0.05, 0) is 12.1 Å². The van der Waals surface area contributed by atoms with Gasteiger partial charge >= 0.3 is 5.97 Å². The molecule has 0 aliphatic heterocycles. The summed E-state index contributed by atoms with van der Waals surface area (Å²) in [5, 5.41) is 8.65. The fourth-order valence-corrected chi connectivity index (χ4v) is 1.03. The van der Waals surface area contributed by atoms with Gasteiger partial charge in [0.25, 0.3) is 0 Å². The van der Waals surface area contributed by atoms with E-state index >= 15 is 0 Å². The molecule has 0 aliphatic rings. The third-order valence-corrected chi connectivity index (χ3v) is 1.60. The molecule has 0 saturated carbocycles. The Balaban J connectivity index is 3.28. The molecule has 0 atom stereocenters. The summed E-state index contributed by atoms with van der Waals surface area (Å²) in [5.41, 5.74) is 11.5. The summed E-state index contributed by atoms with van der Waals surface area (Å²) >= 11 is 0. The smallest absolute Gasteiger partial charge is 0.335 e. The second-order valence-corrected chi connectivity index (χ2v) is 2.49. The second kappa shape index (κ2) is 3.22. The SMILES string of the molecule is COc1c(N)cc(C(=O)O)cc1N. The van der Waals surface area contributed by atoms with Crippen LogP contribution in [0.25, 0.3) is 0 Å². The van der Waals surface area contributed by atoms with Crippen molar-refractivity contribution in [2.45, 2.75) is 0 Å². The lowest BCUT2D eigenvalue weighted by atomic mass is 10.1. The third kappa shape index (κ3) is 1.64. The lowest BCUT2D eigenvalue weighted by Gasteiger charge is -2.08. The van der Waals surface area contributed by atoms with Crippen molar-refractivity contribution in [3.8, 4) is 5.75 Å². The first-order chi connectivity index (χ1) is 6.06. The van der Waals surface area contributed by atoms with Crippen LogP contribution in [0.4, 0.5) is 11.4 Å². The zero-order valence-electron chi connectivity index (χ0n) is 7.07. The molecule has 5 heteroatoms. The van der Waals surface area contributed by atoms with Gasteiger partial charge in [-0.3, -0.25) is 0 Å². The first-order valence-corrected chi connectivity index (χ1v) is 3.52. The fourth-order valence-electron chi connectivity index (χ4n) is 1.03. The van der Waals surface area contributed by atoms with Crippen LogP contribution in [0, 0.1) is 0 Å². The summed E-state index contributed by atoms with van der Waals surface area (Å²) < 4.78 is 4.87. The monoisotopic (exact) mass is 182 g/mol. The molecule has 0 unspecified atom stereocenters. The van der Waals surface area contributed by atoms with E-state index < -0.39 is 5.97 Å². The van der Waals surface area contributed by atoms with E-state index in [0.29, 0.717) is 5.75 Å². The van der Waals surface area contributed by atoms with Crippen molar-refractivity contribution >= 4 is 17.3 Å². The zero-order chi connectivity index (χ0) is 10.0. The van der Waals surface area contributed by atoms with E-state index in [-0.39, 0.29) is 16.9 Å². The standard InChI is InChI=1S/C8H10N2O3/c1-13-7-5(9)2-4(8(11)12)3-6(7)10/h2-3H,9-10H2,1H3,(H,11,12). The first kappa shape index (κ1) is 9.18. The van der Waals surface area contributed by atoms with Gasteiger partial charge in [-0.25, -0.2) is 4.79 Å². The molecule has 0 saturated heterocycles. The normalized spacial score (nSPS) is 9.62. The topological polar surface area (TPSA) is 98.6 Å². The molecule has 5 nitrogen and oxygen atoms in total. The number of carboxylic acids is 1. The van der Waals surface area contributed by atoms with Crippen molar-refractivity contribution in [3.05, 3.63) is 17.7 Å². The molecule has 1 aromatic rings. The quantitative estimate of drug-likeness (QED) is 0.580. The molecule has 0 aromatic heterocycles. The fraction of sp³-hybridized carbons (Fsp3) is 0.125. The number of nitrogens with two attached hydrogens (primary N) is 2. The number of rotatable bonds is 2. The summed E-state index contributed by atoms with van der Waals surface area (Å²) in [4.78, 5) is 10.6. The molecule has 0 fully saturated rings. The number of anilines is 2. The molecule has 70 valence electrons. The number of carboxylic acid groups (broad SMARTS) is 1. The Kier molecular flexibility index (Phi) is 2.27. The highest BCUT2D eigenvalue weighted by Gasteiger charge is 2.10. The Morgan fingerprint density at radius 3 is 2.15 bits per heavy atom. The van der Waals surface area contributed by atoms with E-state index in [0.717, 1.165) is 0 Å². The van der Waals surface area contributed by atoms with Crippen molar-refractivity contribution in [1.82, 2.24) is 0 Å². The molecule has 0 radical (unpaired) electrons. The number of aromatic carboxylic acids is 1. The molecule has 0 heterocycles. The van der Waals surface area contributed by atoms with E-state index in [9.17, 15) is 4.79 Å². The summed E-state index contributed by atoms with van der Waals surface area (Å²) in [7, 11) is 1.42. The minimum absolute atomic E-state index is 0.0517. The molecule has 0 aliphatic carbocycles. The highest BCUT2D eigenvalue weighted by molar-refractivity contribution is 5.91. The minimum atomic E-state index is -1.07. The van der Waals surface area contributed by atoms with Gasteiger partial charge in [-0.15, -0.1) is 0 Å². The summed E-state index contributed by atoms with van der Waals surface area (Å²) in [6.07, 6.45) is 0. The highest BCUT2D eigenvalue weighted by atomic mass is 16.5. The zero-order valence-corrected chi connectivity index (χ0v) is 7.07. The van der Waals surface area contributed by atoms with Crippen molar-refractivity contribution in [3.63, 3.8) is 0 Å². The average Bonchev–Trinajstić information content (AvgIpc) is 2.03. The maximum absolute atomic E-state index is 10.6. The maximum atomic E-state index is 10.6. The number of hydrogen-bond donors (Lipinski definition) is 3. The minimum Gasteiger partial charge on any atom is -0.492 e. The van der Waals surface area contributed by atoms with Crippen LogP contribution in [0.3, 0.4) is 0 Å². The third-order valence-electron chi connectivity index (χ3n) is 1.60. The van der Waals surface area contributed by atoms with Crippen LogP contribution in [0.15, 0.2) is 12.1 Å². The number of methoxy groups -OCH3 is 1. The molecule has 0 spiro atoms. The molecule has 13 heavy (non-hydrogen) atoms. The molecule has 1 rings (SSSR count). The maximum Gasteiger partial charge on any atom is 0.335 e. The van der Waals surface area contributed by atoms with Crippen molar-refractivity contribution in [2.75, 3.05) is 18.6 Å². The molecule has 0 bridgehead atoms. The Bertz CT molecular complexity index is 326. The van der Waals surface area contributed by atoms with Gasteiger partial charge in [-0.2, -0.15) is 0 Å². The Labute approximate surface area is 74.9 Å². The van der Waals surface area contributed by atoms with Crippen LogP contribution >= 0.6 is 0 Å². The van der Waals surface area contributed by atoms with Gasteiger partial charge in [-0.1, -0.05) is 0 Å². The molecule has 0 amide bonds. The van der Waals surface area contributed by atoms with Gasteiger partial charge in [0.2, 0.25) is 0 Å². The lowest BCUT2D eigenvalue weighted by Crippen LogP contribution is -2.03. The van der Waals surface area contributed by atoms with Crippen LogP contribution in [-0.2, 0) is 0 Å². The molecular formula is C8H10N2O3. The van der Waals surface area contributed by atoms with E-state index in [1.807, 2.05) is 0 Å². The van der Waals surface area contributed by atoms with Crippen molar-refractivity contribution in [2.24, 2.45) is 0 Å². The van der Waals surface area contributed by atoms with Gasteiger partial charge < -0.3 is 21.3 Å². The van der Waals surface area contributed by atoms with Gasteiger partial charge in [0.05, 0.1) is 24.0 Å². The van der Waals surface area contributed by atoms with Gasteiger partial charge in [0.1, 0.15) is 0 Å². The van der Waals surface area contributed by atoms with Crippen molar-refractivity contribution < 1.29 is 14.6 Å². The van der Waals surface area contributed by atoms with Crippen LogP contribution in [0.5, 0.6) is 5.75 Å². The summed E-state index contributed by atoms with van der Waals surface area (Å²) in [5.74, 6) is -0.758. The molecular weight excluding hydrogens is 172 g/mol. The van der Waals surface area contributed by atoms with E-state index in [2.05, 4.69) is 0 Å². The van der Waals surface area contributed by atoms with Gasteiger partial charge in [0.15, 0.2) is 5.75 Å². The van der Waals surface area contributed by atoms with E-state index in [1.54, 1.807) is 0 Å². The summed E-state index contributed by atoms with van der Waals surface area (Å²) in [6, 6.07) is 2.61. The Hall–Kier alpha value is -1.91. The average molecular weight is 182 g/mol. The second-order valence-electron chi connectivity index (χ2n) is 2.49. The number of ether oxygens (including phenoxy) is 1. The Morgan fingerprint density at radius 1 is 1.38 bits per heavy atom. The number of hydrogen-bond acceptors (Lipinski definition) is 4. The molecule has 1 aromatic carbocycles. The van der Waals surface area contributed by atoms with Crippen LogP contribution in [-0.4, -0.2) is 18.2 Å². The van der Waals surface area contributed by atoms with Crippen LogP contribution < -0.4 is 16.2 Å². The van der Waals surface area contributed by atoms with E-state index in [4.69, 9.17) is 21.3 Å². The first-order valence-electron chi connectivity index (χ1n) is 3.52. The Morgan fingerprint density at radius 2 is 1.85 bits per heavy atom. The highest BCUT2D eigenvalue weighted by Crippen LogP contribution is 2.29. The largest absolute Gasteiger partial charge is 0.492 e. The number of benzene rings is 1. The predicted octanol–water partition coefficient (Wildman–Crippen LogP) is 0.558. The van der Waals surface area contributed by atoms with Crippen molar-refractivity contribution in [1.29, 1.82) is 0 Å². The lowest BCUT2D eigenvalue weighted by molar-refractivity contribution is 0.0697. The number of nitrogen functional groups attached to an aromatic ring is 2. The van der Waals surface area contributed by atoms with Gasteiger partial charge in [0, 0.05) is 0 Å².